The number of Topliss-reactive ketones (excluding diaryl/α,β-unsaturated/α-hetero) is 1. The molecule has 2 aromatic carbocycles. The summed E-state index contributed by atoms with van der Waals surface area (Å²) in [5.74, 6) is -1.10. The van der Waals surface area contributed by atoms with Crippen molar-refractivity contribution < 1.29 is 24.0 Å². The summed E-state index contributed by atoms with van der Waals surface area (Å²) in [6.07, 6.45) is 1.95. The van der Waals surface area contributed by atoms with E-state index in [9.17, 15) is 19.7 Å². The van der Waals surface area contributed by atoms with Crippen LogP contribution in [-0.2, 0) is 15.9 Å². The molecule has 3 rings (SSSR count). The van der Waals surface area contributed by atoms with E-state index in [1.165, 1.54) is 18.2 Å². The molecular formula is C22H24N2O6. The smallest absolute Gasteiger partial charge is 0.338 e. The van der Waals surface area contributed by atoms with Crippen LogP contribution in [-0.4, -0.2) is 49.6 Å². The van der Waals surface area contributed by atoms with Crippen LogP contribution in [0.5, 0.6) is 0 Å². The summed E-state index contributed by atoms with van der Waals surface area (Å²) in [5.41, 5.74) is 1.88. The van der Waals surface area contributed by atoms with Crippen LogP contribution in [0.25, 0.3) is 0 Å². The number of morpholine rings is 1. The molecule has 0 amide bonds. The lowest BCUT2D eigenvalue weighted by molar-refractivity contribution is -0.384. The van der Waals surface area contributed by atoms with E-state index in [1.54, 1.807) is 12.1 Å². The highest BCUT2D eigenvalue weighted by atomic mass is 16.6. The third-order valence-corrected chi connectivity index (χ3v) is 4.91. The van der Waals surface area contributed by atoms with Crippen LogP contribution in [0.2, 0.25) is 0 Å². The van der Waals surface area contributed by atoms with Gasteiger partial charge < -0.3 is 14.4 Å². The number of hydrogen-bond acceptors (Lipinski definition) is 7. The minimum atomic E-state index is -0.775. The topological polar surface area (TPSA) is 99.0 Å². The van der Waals surface area contributed by atoms with Crippen molar-refractivity contribution in [2.45, 2.75) is 19.8 Å². The maximum atomic E-state index is 12.4. The van der Waals surface area contributed by atoms with E-state index in [2.05, 4.69) is 6.92 Å². The van der Waals surface area contributed by atoms with Crippen LogP contribution >= 0.6 is 0 Å². The normalized spacial score (nSPS) is 13.7. The Hall–Kier alpha value is -3.26. The molecule has 158 valence electrons. The zero-order valence-corrected chi connectivity index (χ0v) is 16.8. The summed E-state index contributed by atoms with van der Waals surface area (Å²) in [5, 5.41) is 11.5. The monoisotopic (exact) mass is 412 g/mol. The Kier molecular flexibility index (Phi) is 7.13. The molecule has 0 saturated carbocycles. The van der Waals surface area contributed by atoms with Gasteiger partial charge in [0.1, 0.15) is 5.69 Å². The van der Waals surface area contributed by atoms with Crippen molar-refractivity contribution in [3.63, 3.8) is 0 Å². The van der Waals surface area contributed by atoms with Crippen LogP contribution in [0.1, 0.15) is 39.6 Å². The Bertz CT molecular complexity index is 920. The zero-order chi connectivity index (χ0) is 21.5. The van der Waals surface area contributed by atoms with Crippen LogP contribution in [0, 0.1) is 10.1 Å². The van der Waals surface area contributed by atoms with Crippen LogP contribution in [0.15, 0.2) is 42.5 Å². The number of rotatable bonds is 8. The molecule has 1 aliphatic rings. The minimum absolute atomic E-state index is 0.0322. The number of hydrogen-bond donors (Lipinski definition) is 0. The Morgan fingerprint density at radius 3 is 2.40 bits per heavy atom. The van der Waals surface area contributed by atoms with Crippen molar-refractivity contribution in [1.29, 1.82) is 0 Å². The van der Waals surface area contributed by atoms with Crippen molar-refractivity contribution in [2.75, 3.05) is 37.8 Å². The highest BCUT2D eigenvalue weighted by molar-refractivity contribution is 5.99. The van der Waals surface area contributed by atoms with E-state index in [4.69, 9.17) is 9.47 Å². The molecule has 8 nitrogen and oxygen atoms in total. The summed E-state index contributed by atoms with van der Waals surface area (Å²) in [6.45, 7) is 3.71. The van der Waals surface area contributed by atoms with Gasteiger partial charge in [0, 0.05) is 24.7 Å². The maximum absolute atomic E-state index is 12.4. The lowest BCUT2D eigenvalue weighted by Crippen LogP contribution is -2.36. The van der Waals surface area contributed by atoms with E-state index in [-0.39, 0.29) is 17.0 Å². The highest BCUT2D eigenvalue weighted by Gasteiger charge is 2.24. The number of ketones is 1. The largest absolute Gasteiger partial charge is 0.454 e. The van der Waals surface area contributed by atoms with Crippen molar-refractivity contribution >= 4 is 23.1 Å². The van der Waals surface area contributed by atoms with E-state index in [1.807, 2.05) is 17.0 Å². The summed E-state index contributed by atoms with van der Waals surface area (Å²) in [4.78, 5) is 37.5. The predicted molar refractivity (Wildman–Crippen MR) is 111 cm³/mol. The Labute approximate surface area is 174 Å². The van der Waals surface area contributed by atoms with Crippen molar-refractivity contribution in [3.05, 3.63) is 69.3 Å². The second kappa shape index (κ2) is 9.98. The number of esters is 1. The first-order chi connectivity index (χ1) is 14.5. The predicted octanol–water partition coefficient (Wildman–Crippen LogP) is 3.42. The fourth-order valence-electron chi connectivity index (χ4n) is 3.31. The number of benzene rings is 2. The molecule has 0 N–H and O–H groups in total. The maximum Gasteiger partial charge on any atom is 0.338 e. The van der Waals surface area contributed by atoms with E-state index < -0.39 is 17.5 Å². The molecule has 0 radical (unpaired) electrons. The molecule has 1 heterocycles. The van der Waals surface area contributed by atoms with Gasteiger partial charge in [0.2, 0.25) is 0 Å². The minimum Gasteiger partial charge on any atom is -0.454 e. The molecular weight excluding hydrogens is 388 g/mol. The lowest BCUT2D eigenvalue weighted by Gasteiger charge is -2.28. The number of ether oxygens (including phenoxy) is 2. The van der Waals surface area contributed by atoms with Crippen LogP contribution in [0.4, 0.5) is 11.4 Å². The Balaban J connectivity index is 1.66. The number of nitro groups is 1. The third kappa shape index (κ3) is 5.21. The van der Waals surface area contributed by atoms with Crippen molar-refractivity contribution in [2.24, 2.45) is 0 Å². The number of carbonyl (C=O) groups is 2. The number of anilines is 1. The Morgan fingerprint density at radius 2 is 1.77 bits per heavy atom. The van der Waals surface area contributed by atoms with Crippen LogP contribution in [0.3, 0.4) is 0 Å². The van der Waals surface area contributed by atoms with Crippen LogP contribution < -0.4 is 4.90 Å². The van der Waals surface area contributed by atoms with E-state index in [0.717, 1.165) is 18.4 Å². The highest BCUT2D eigenvalue weighted by Crippen LogP contribution is 2.30. The van der Waals surface area contributed by atoms with Gasteiger partial charge in [0.05, 0.1) is 23.7 Å². The standard InChI is InChI=1S/C22H24N2O6/c1-2-3-16-4-6-17(7-5-16)21(25)15-30-22(26)18-8-9-19(20(14-18)24(27)28)23-10-12-29-13-11-23/h4-9,14H,2-3,10-13,15H2,1H3. The zero-order valence-electron chi connectivity index (χ0n) is 16.8. The van der Waals surface area contributed by atoms with Gasteiger partial charge in [-0.3, -0.25) is 14.9 Å². The first-order valence-corrected chi connectivity index (χ1v) is 9.90. The summed E-state index contributed by atoms with van der Waals surface area (Å²) < 4.78 is 10.4. The molecule has 1 aliphatic heterocycles. The fourth-order valence-corrected chi connectivity index (χ4v) is 3.31. The SMILES string of the molecule is CCCc1ccc(C(=O)COC(=O)c2ccc(N3CCOCC3)c([N+](=O)[O-])c2)cc1. The molecule has 0 bridgehead atoms. The first-order valence-electron chi connectivity index (χ1n) is 9.90. The van der Waals surface area contributed by atoms with Gasteiger partial charge in [-0.1, -0.05) is 37.6 Å². The molecule has 30 heavy (non-hydrogen) atoms. The van der Waals surface area contributed by atoms with Gasteiger partial charge in [0.15, 0.2) is 12.4 Å². The molecule has 1 saturated heterocycles. The Morgan fingerprint density at radius 1 is 1.10 bits per heavy atom. The number of nitrogens with zero attached hydrogens (tertiary/aromatic N) is 2. The molecule has 0 spiro atoms. The average molecular weight is 412 g/mol. The van der Waals surface area contributed by atoms with Gasteiger partial charge in [0.25, 0.3) is 5.69 Å². The van der Waals surface area contributed by atoms with Crippen molar-refractivity contribution in [1.82, 2.24) is 0 Å². The molecule has 0 aromatic heterocycles. The number of nitro benzene ring substituents is 1. The number of carbonyl (C=O) groups excluding carboxylic acids is 2. The fraction of sp³-hybridized carbons (Fsp3) is 0.364. The molecule has 0 unspecified atom stereocenters. The summed E-state index contributed by atoms with van der Waals surface area (Å²) in [7, 11) is 0. The van der Waals surface area contributed by atoms with Crippen molar-refractivity contribution in [3.8, 4) is 0 Å². The third-order valence-electron chi connectivity index (χ3n) is 4.91. The number of aryl methyl sites for hydroxylation is 1. The van der Waals surface area contributed by atoms with Gasteiger partial charge in [-0.2, -0.15) is 0 Å². The molecule has 1 fully saturated rings. The van der Waals surface area contributed by atoms with Gasteiger partial charge in [-0.15, -0.1) is 0 Å². The molecule has 0 atom stereocenters. The van der Waals surface area contributed by atoms with Gasteiger partial charge in [-0.05, 0) is 24.1 Å². The van der Waals surface area contributed by atoms with E-state index in [0.29, 0.717) is 37.6 Å². The summed E-state index contributed by atoms with van der Waals surface area (Å²) >= 11 is 0. The lowest BCUT2D eigenvalue weighted by atomic mass is 10.1. The van der Waals surface area contributed by atoms with Gasteiger partial charge >= 0.3 is 5.97 Å². The van der Waals surface area contributed by atoms with E-state index >= 15 is 0 Å². The average Bonchev–Trinajstić information content (AvgIpc) is 2.78. The molecule has 8 heteroatoms. The van der Waals surface area contributed by atoms with Gasteiger partial charge in [-0.25, -0.2) is 4.79 Å². The second-order valence-corrected chi connectivity index (χ2v) is 7.01. The summed E-state index contributed by atoms with van der Waals surface area (Å²) in [6, 6.07) is 11.4. The first kappa shape index (κ1) is 21.4. The molecule has 2 aromatic rings. The molecule has 0 aliphatic carbocycles. The quantitative estimate of drug-likeness (QED) is 0.283. The second-order valence-electron chi connectivity index (χ2n) is 7.01.